The first-order chi connectivity index (χ1) is 6.41. The summed E-state index contributed by atoms with van der Waals surface area (Å²) >= 11 is 0. The lowest BCUT2D eigenvalue weighted by Gasteiger charge is -2.00. The number of rotatable bonds is 10. The maximum atomic E-state index is 3.85. The molecular formula is C12H28ClN. The average Bonchev–Trinajstić information content (AvgIpc) is 2.16. The van der Waals surface area contributed by atoms with Crippen LogP contribution in [0.25, 0.3) is 0 Å². The van der Waals surface area contributed by atoms with Crippen LogP contribution in [0.15, 0.2) is 0 Å². The van der Waals surface area contributed by atoms with Gasteiger partial charge in [0.15, 0.2) is 0 Å². The second kappa shape index (κ2) is 15.7. The van der Waals surface area contributed by atoms with E-state index in [1.54, 1.807) is 0 Å². The molecule has 88 valence electrons. The van der Waals surface area contributed by atoms with Gasteiger partial charge in [-0.1, -0.05) is 58.3 Å². The van der Waals surface area contributed by atoms with Crippen molar-refractivity contribution >= 4 is 0 Å². The Morgan fingerprint density at radius 1 is 0.643 bits per heavy atom. The highest BCUT2D eigenvalue weighted by atomic mass is 35.5. The van der Waals surface area contributed by atoms with Gasteiger partial charge in [0, 0.05) is 0 Å². The molecule has 0 aromatic rings. The highest BCUT2D eigenvalue weighted by Gasteiger charge is 1.91. The van der Waals surface area contributed by atoms with Gasteiger partial charge in [-0.05, 0) is 12.8 Å². The molecule has 14 heavy (non-hydrogen) atoms. The van der Waals surface area contributed by atoms with Gasteiger partial charge in [0.2, 0.25) is 0 Å². The minimum absolute atomic E-state index is 0. The Balaban J connectivity index is 0. The fourth-order valence-corrected chi connectivity index (χ4v) is 1.66. The Morgan fingerprint density at radius 2 is 1.00 bits per heavy atom. The molecule has 0 aliphatic carbocycles. The van der Waals surface area contributed by atoms with Crippen molar-refractivity contribution in [2.45, 2.75) is 71.1 Å². The van der Waals surface area contributed by atoms with E-state index in [2.05, 4.69) is 12.7 Å². The molecule has 0 aliphatic heterocycles. The second-order valence-corrected chi connectivity index (χ2v) is 4.04. The average molecular weight is 222 g/mol. The number of quaternary nitrogens is 1. The van der Waals surface area contributed by atoms with Crippen molar-refractivity contribution < 1.29 is 18.1 Å². The third-order valence-corrected chi connectivity index (χ3v) is 2.60. The summed E-state index contributed by atoms with van der Waals surface area (Å²) in [6.45, 7) is 3.40. The molecule has 0 radical (unpaired) electrons. The standard InChI is InChI=1S/C12H27N.ClH/c1-2-3-4-5-6-7-8-9-10-11-12-13;/h2-13H2,1H3;1H. The molecule has 3 N–H and O–H groups in total. The maximum absolute atomic E-state index is 3.85. The van der Waals surface area contributed by atoms with E-state index in [4.69, 9.17) is 0 Å². The van der Waals surface area contributed by atoms with Crippen LogP contribution in [0.1, 0.15) is 71.1 Å². The van der Waals surface area contributed by atoms with Gasteiger partial charge in [0.05, 0.1) is 6.54 Å². The maximum Gasteiger partial charge on any atom is 0.0739 e. The van der Waals surface area contributed by atoms with Gasteiger partial charge in [0.25, 0.3) is 0 Å². The van der Waals surface area contributed by atoms with Crippen LogP contribution in [0.4, 0.5) is 0 Å². The molecule has 0 bridgehead atoms. The summed E-state index contributed by atoms with van der Waals surface area (Å²) in [6.07, 6.45) is 14.2. The summed E-state index contributed by atoms with van der Waals surface area (Å²) in [6, 6.07) is 0. The lowest BCUT2D eigenvalue weighted by Crippen LogP contribution is -3.00. The van der Waals surface area contributed by atoms with Gasteiger partial charge in [-0.15, -0.1) is 0 Å². The summed E-state index contributed by atoms with van der Waals surface area (Å²) in [7, 11) is 0. The lowest BCUT2D eigenvalue weighted by molar-refractivity contribution is -0.368. The Morgan fingerprint density at radius 3 is 1.36 bits per heavy atom. The van der Waals surface area contributed by atoms with Crippen LogP contribution in [0.2, 0.25) is 0 Å². The summed E-state index contributed by atoms with van der Waals surface area (Å²) in [4.78, 5) is 0. The number of hydrogen-bond acceptors (Lipinski definition) is 0. The van der Waals surface area contributed by atoms with Crippen LogP contribution in [0, 0.1) is 0 Å². The molecule has 0 aliphatic rings. The lowest BCUT2D eigenvalue weighted by atomic mass is 10.1. The van der Waals surface area contributed by atoms with E-state index >= 15 is 0 Å². The van der Waals surface area contributed by atoms with E-state index < -0.39 is 0 Å². The summed E-state index contributed by atoms with van der Waals surface area (Å²) < 4.78 is 0. The number of hydrogen-bond donors (Lipinski definition) is 1. The molecule has 0 atom stereocenters. The van der Waals surface area contributed by atoms with Crippen LogP contribution < -0.4 is 18.1 Å². The van der Waals surface area contributed by atoms with Crippen LogP contribution in [0.5, 0.6) is 0 Å². The molecule has 0 rings (SSSR count). The van der Waals surface area contributed by atoms with E-state index in [1.165, 1.54) is 64.2 Å². The molecule has 0 spiro atoms. The predicted molar refractivity (Wildman–Crippen MR) is 59.6 cm³/mol. The van der Waals surface area contributed by atoms with Crippen LogP contribution in [-0.4, -0.2) is 6.54 Å². The summed E-state index contributed by atoms with van der Waals surface area (Å²) in [5, 5.41) is 0. The SMILES string of the molecule is CCCCCCCCCCCC[NH3+].[Cl-]. The van der Waals surface area contributed by atoms with Gasteiger partial charge in [-0.2, -0.15) is 0 Å². The summed E-state index contributed by atoms with van der Waals surface area (Å²) in [5.74, 6) is 0. The van der Waals surface area contributed by atoms with Crippen LogP contribution >= 0.6 is 0 Å². The minimum atomic E-state index is 0. The fraction of sp³-hybridized carbons (Fsp3) is 1.00. The van der Waals surface area contributed by atoms with Crippen molar-refractivity contribution in [2.75, 3.05) is 6.54 Å². The monoisotopic (exact) mass is 221 g/mol. The largest absolute Gasteiger partial charge is 1.00 e. The molecule has 0 aromatic heterocycles. The summed E-state index contributed by atoms with van der Waals surface area (Å²) in [5.41, 5.74) is 3.85. The smallest absolute Gasteiger partial charge is 0.0739 e. The quantitative estimate of drug-likeness (QED) is 0.509. The molecule has 0 heterocycles. The van der Waals surface area contributed by atoms with Crippen molar-refractivity contribution in [2.24, 2.45) is 0 Å². The molecule has 0 amide bonds. The highest BCUT2D eigenvalue weighted by molar-refractivity contribution is 4.46. The van der Waals surface area contributed by atoms with E-state index in [0.717, 1.165) is 6.54 Å². The van der Waals surface area contributed by atoms with Gasteiger partial charge < -0.3 is 18.1 Å². The zero-order valence-electron chi connectivity index (χ0n) is 9.86. The molecule has 0 saturated carbocycles. The predicted octanol–water partition coefficient (Wildman–Crippen LogP) is 0.153. The topological polar surface area (TPSA) is 27.6 Å². The molecule has 0 saturated heterocycles. The molecule has 0 aromatic carbocycles. The zero-order chi connectivity index (χ0) is 9.78. The Bertz CT molecular complexity index is 76.4. The first kappa shape index (κ1) is 16.7. The van der Waals surface area contributed by atoms with Crippen molar-refractivity contribution in [3.05, 3.63) is 0 Å². The Kier molecular flexibility index (Phi) is 18.7. The molecule has 0 fully saturated rings. The van der Waals surface area contributed by atoms with Gasteiger partial charge in [-0.25, -0.2) is 0 Å². The van der Waals surface area contributed by atoms with Crippen molar-refractivity contribution in [1.29, 1.82) is 0 Å². The fourth-order valence-electron chi connectivity index (χ4n) is 1.66. The van der Waals surface area contributed by atoms with E-state index in [1.807, 2.05) is 0 Å². The Labute approximate surface area is 96.2 Å². The van der Waals surface area contributed by atoms with Gasteiger partial charge >= 0.3 is 0 Å². The Hall–Kier alpha value is 0.250. The van der Waals surface area contributed by atoms with E-state index in [-0.39, 0.29) is 12.4 Å². The van der Waals surface area contributed by atoms with Gasteiger partial charge in [-0.3, -0.25) is 0 Å². The third-order valence-electron chi connectivity index (χ3n) is 2.60. The molecule has 1 nitrogen and oxygen atoms in total. The molecule has 0 unspecified atom stereocenters. The van der Waals surface area contributed by atoms with E-state index in [9.17, 15) is 0 Å². The first-order valence-electron chi connectivity index (χ1n) is 6.21. The molecule has 2 heteroatoms. The van der Waals surface area contributed by atoms with Crippen molar-refractivity contribution in [3.63, 3.8) is 0 Å². The second-order valence-electron chi connectivity index (χ2n) is 4.04. The number of halogens is 1. The van der Waals surface area contributed by atoms with Crippen molar-refractivity contribution in [1.82, 2.24) is 0 Å². The third kappa shape index (κ3) is 14.8. The zero-order valence-corrected chi connectivity index (χ0v) is 10.6. The number of unbranched alkanes of at least 4 members (excludes halogenated alkanes) is 9. The van der Waals surface area contributed by atoms with Crippen LogP contribution in [-0.2, 0) is 0 Å². The van der Waals surface area contributed by atoms with Gasteiger partial charge in [0.1, 0.15) is 0 Å². The minimum Gasteiger partial charge on any atom is -1.00 e. The first-order valence-corrected chi connectivity index (χ1v) is 6.21. The van der Waals surface area contributed by atoms with E-state index in [0.29, 0.717) is 0 Å². The highest BCUT2D eigenvalue weighted by Crippen LogP contribution is 2.09. The van der Waals surface area contributed by atoms with Crippen molar-refractivity contribution in [3.8, 4) is 0 Å². The molecular weight excluding hydrogens is 194 g/mol. The normalized spacial score (nSPS) is 9.86. The van der Waals surface area contributed by atoms with Crippen LogP contribution in [0.3, 0.4) is 0 Å².